The van der Waals surface area contributed by atoms with E-state index in [0.717, 1.165) is 64.0 Å². The second-order valence-electron chi connectivity index (χ2n) is 7.98. The van der Waals surface area contributed by atoms with Gasteiger partial charge in [0.1, 0.15) is 0 Å². The Balaban J connectivity index is 1.34. The predicted molar refractivity (Wildman–Crippen MR) is 102 cm³/mol. The van der Waals surface area contributed by atoms with Gasteiger partial charge in [-0.15, -0.1) is 0 Å². The van der Waals surface area contributed by atoms with E-state index < -0.39 is 0 Å². The van der Waals surface area contributed by atoms with E-state index in [9.17, 15) is 9.59 Å². The SMILES string of the molecule is Cc1ccc2c(c1)CCCN2C(=O)CN1CCC(N2CCCC2=O)CC1. The van der Waals surface area contributed by atoms with Crippen LogP contribution in [-0.2, 0) is 16.0 Å². The predicted octanol–water partition coefficient (Wildman–Crippen LogP) is 2.36. The molecule has 1 aromatic carbocycles. The van der Waals surface area contributed by atoms with Crippen LogP contribution in [-0.4, -0.2) is 60.4 Å². The maximum absolute atomic E-state index is 12.9. The van der Waals surface area contributed by atoms with Gasteiger partial charge in [0.2, 0.25) is 11.8 Å². The van der Waals surface area contributed by atoms with Gasteiger partial charge in [-0.1, -0.05) is 17.7 Å². The molecule has 0 unspecified atom stereocenters. The number of rotatable bonds is 3. The van der Waals surface area contributed by atoms with E-state index in [4.69, 9.17) is 0 Å². The molecule has 0 aliphatic carbocycles. The summed E-state index contributed by atoms with van der Waals surface area (Å²) in [4.78, 5) is 31.2. The monoisotopic (exact) mass is 355 g/mol. The summed E-state index contributed by atoms with van der Waals surface area (Å²) in [6, 6.07) is 6.80. The molecule has 2 saturated heterocycles. The molecule has 26 heavy (non-hydrogen) atoms. The second-order valence-corrected chi connectivity index (χ2v) is 7.98. The minimum Gasteiger partial charge on any atom is -0.340 e. The lowest BCUT2D eigenvalue weighted by Crippen LogP contribution is -2.49. The van der Waals surface area contributed by atoms with Gasteiger partial charge in [0.05, 0.1) is 6.54 Å². The Bertz CT molecular complexity index is 694. The van der Waals surface area contributed by atoms with Crippen LogP contribution in [0.2, 0.25) is 0 Å². The molecule has 0 aromatic heterocycles. The Morgan fingerprint density at radius 1 is 1.08 bits per heavy atom. The van der Waals surface area contributed by atoms with E-state index in [1.54, 1.807) is 0 Å². The molecule has 0 bridgehead atoms. The number of hydrogen-bond donors (Lipinski definition) is 0. The van der Waals surface area contributed by atoms with Crippen molar-refractivity contribution in [3.05, 3.63) is 29.3 Å². The molecule has 2 fully saturated rings. The van der Waals surface area contributed by atoms with Crippen molar-refractivity contribution in [3.8, 4) is 0 Å². The molecular weight excluding hydrogens is 326 g/mol. The fourth-order valence-electron chi connectivity index (χ4n) is 4.71. The first-order valence-electron chi connectivity index (χ1n) is 10.0. The summed E-state index contributed by atoms with van der Waals surface area (Å²) in [5, 5.41) is 0. The van der Waals surface area contributed by atoms with Crippen molar-refractivity contribution in [3.63, 3.8) is 0 Å². The van der Waals surface area contributed by atoms with Crippen molar-refractivity contribution in [2.24, 2.45) is 0 Å². The maximum atomic E-state index is 12.9. The quantitative estimate of drug-likeness (QED) is 0.836. The van der Waals surface area contributed by atoms with Crippen LogP contribution in [0.3, 0.4) is 0 Å². The van der Waals surface area contributed by atoms with Crippen LogP contribution in [0, 0.1) is 6.92 Å². The minimum absolute atomic E-state index is 0.213. The third-order valence-electron chi connectivity index (χ3n) is 6.12. The number of aryl methyl sites for hydroxylation is 2. The number of carbonyl (C=O) groups excluding carboxylic acids is 2. The van der Waals surface area contributed by atoms with E-state index in [1.165, 1.54) is 11.1 Å². The molecule has 3 heterocycles. The van der Waals surface area contributed by atoms with Crippen molar-refractivity contribution in [2.75, 3.05) is 37.6 Å². The number of amides is 2. The Labute approximate surface area is 155 Å². The highest BCUT2D eigenvalue weighted by molar-refractivity contribution is 5.96. The van der Waals surface area contributed by atoms with E-state index in [1.807, 2.05) is 4.90 Å². The summed E-state index contributed by atoms with van der Waals surface area (Å²) in [5.41, 5.74) is 3.66. The van der Waals surface area contributed by atoms with E-state index in [0.29, 0.717) is 24.9 Å². The van der Waals surface area contributed by atoms with Crippen LogP contribution in [0.25, 0.3) is 0 Å². The van der Waals surface area contributed by atoms with E-state index >= 15 is 0 Å². The molecule has 2 amide bonds. The normalized spacial score (nSPS) is 22.0. The Kier molecular flexibility index (Phi) is 4.98. The number of carbonyl (C=O) groups is 2. The average Bonchev–Trinajstić information content (AvgIpc) is 3.07. The lowest BCUT2D eigenvalue weighted by molar-refractivity contribution is -0.131. The van der Waals surface area contributed by atoms with Crippen molar-refractivity contribution < 1.29 is 9.59 Å². The van der Waals surface area contributed by atoms with Crippen molar-refractivity contribution >= 4 is 17.5 Å². The zero-order valence-electron chi connectivity index (χ0n) is 15.7. The highest BCUT2D eigenvalue weighted by Gasteiger charge is 2.32. The fourth-order valence-corrected chi connectivity index (χ4v) is 4.71. The zero-order chi connectivity index (χ0) is 18.1. The van der Waals surface area contributed by atoms with Crippen LogP contribution in [0.1, 0.15) is 43.2 Å². The molecule has 0 saturated carbocycles. The van der Waals surface area contributed by atoms with Gasteiger partial charge in [0, 0.05) is 44.3 Å². The molecule has 5 heteroatoms. The van der Waals surface area contributed by atoms with Gasteiger partial charge in [0.25, 0.3) is 0 Å². The van der Waals surface area contributed by atoms with Crippen molar-refractivity contribution in [2.45, 2.75) is 51.5 Å². The summed E-state index contributed by atoms with van der Waals surface area (Å²) < 4.78 is 0. The van der Waals surface area contributed by atoms with Crippen molar-refractivity contribution in [1.29, 1.82) is 0 Å². The van der Waals surface area contributed by atoms with Gasteiger partial charge >= 0.3 is 0 Å². The first-order chi connectivity index (χ1) is 12.6. The number of piperidine rings is 1. The number of nitrogens with zero attached hydrogens (tertiary/aromatic N) is 3. The molecule has 0 radical (unpaired) electrons. The van der Waals surface area contributed by atoms with Gasteiger partial charge < -0.3 is 9.80 Å². The molecule has 140 valence electrons. The Morgan fingerprint density at radius 2 is 1.85 bits per heavy atom. The van der Waals surface area contributed by atoms with Crippen LogP contribution < -0.4 is 4.90 Å². The molecule has 0 spiro atoms. The lowest BCUT2D eigenvalue weighted by Gasteiger charge is -2.37. The summed E-state index contributed by atoms with van der Waals surface area (Å²) in [6.45, 7) is 6.17. The maximum Gasteiger partial charge on any atom is 0.241 e. The average molecular weight is 355 g/mol. The number of fused-ring (bicyclic) bond motifs is 1. The first-order valence-corrected chi connectivity index (χ1v) is 10.0. The summed E-state index contributed by atoms with van der Waals surface area (Å²) in [6.07, 6.45) is 5.82. The lowest BCUT2D eigenvalue weighted by atomic mass is 9.99. The van der Waals surface area contributed by atoms with Crippen LogP contribution in [0.5, 0.6) is 0 Å². The van der Waals surface area contributed by atoms with Gasteiger partial charge in [-0.2, -0.15) is 0 Å². The molecule has 0 N–H and O–H groups in total. The topological polar surface area (TPSA) is 43.9 Å². The standard InChI is InChI=1S/C21H29N3O2/c1-16-6-7-19-17(14-16)4-2-11-24(19)21(26)15-22-12-8-18(9-13-22)23-10-3-5-20(23)25/h6-7,14,18H,2-5,8-13,15H2,1H3. The van der Waals surface area contributed by atoms with Gasteiger partial charge in [-0.3, -0.25) is 14.5 Å². The van der Waals surface area contributed by atoms with E-state index in [2.05, 4.69) is 34.9 Å². The molecule has 5 nitrogen and oxygen atoms in total. The second kappa shape index (κ2) is 7.39. The fraction of sp³-hybridized carbons (Fsp3) is 0.619. The molecule has 3 aliphatic rings. The molecule has 0 atom stereocenters. The van der Waals surface area contributed by atoms with Gasteiger partial charge in [0.15, 0.2) is 0 Å². The number of likely N-dealkylation sites (tertiary alicyclic amines) is 2. The van der Waals surface area contributed by atoms with E-state index in [-0.39, 0.29) is 5.91 Å². The molecule has 1 aromatic rings. The molecular formula is C21H29N3O2. The highest BCUT2D eigenvalue weighted by Crippen LogP contribution is 2.28. The number of benzene rings is 1. The summed E-state index contributed by atoms with van der Waals surface area (Å²) in [5.74, 6) is 0.533. The van der Waals surface area contributed by atoms with Gasteiger partial charge in [-0.25, -0.2) is 0 Å². The Hall–Kier alpha value is -1.88. The third kappa shape index (κ3) is 3.50. The van der Waals surface area contributed by atoms with Crippen LogP contribution in [0.4, 0.5) is 5.69 Å². The summed E-state index contributed by atoms with van der Waals surface area (Å²) in [7, 11) is 0. The number of anilines is 1. The molecule has 4 rings (SSSR count). The highest BCUT2D eigenvalue weighted by atomic mass is 16.2. The van der Waals surface area contributed by atoms with Gasteiger partial charge in [-0.05, 0) is 50.7 Å². The van der Waals surface area contributed by atoms with Crippen LogP contribution >= 0.6 is 0 Å². The zero-order valence-corrected chi connectivity index (χ0v) is 15.7. The van der Waals surface area contributed by atoms with Crippen molar-refractivity contribution in [1.82, 2.24) is 9.80 Å². The minimum atomic E-state index is 0.213. The summed E-state index contributed by atoms with van der Waals surface area (Å²) >= 11 is 0. The first kappa shape index (κ1) is 17.5. The van der Waals surface area contributed by atoms with Crippen LogP contribution in [0.15, 0.2) is 18.2 Å². The number of hydrogen-bond acceptors (Lipinski definition) is 3. The Morgan fingerprint density at radius 3 is 2.58 bits per heavy atom. The molecule has 3 aliphatic heterocycles. The third-order valence-corrected chi connectivity index (χ3v) is 6.12. The smallest absolute Gasteiger partial charge is 0.241 e. The largest absolute Gasteiger partial charge is 0.340 e.